The molecule has 2 aliphatic heterocycles. The van der Waals surface area contributed by atoms with Gasteiger partial charge in [-0.1, -0.05) is 31.6 Å². The number of ether oxygens (including phenoxy) is 1. The van der Waals surface area contributed by atoms with Crippen molar-refractivity contribution < 1.29 is 14.9 Å². The minimum atomic E-state index is -0.596. The van der Waals surface area contributed by atoms with Gasteiger partial charge < -0.3 is 14.9 Å². The van der Waals surface area contributed by atoms with Crippen molar-refractivity contribution in [3.05, 3.63) is 35.4 Å². The van der Waals surface area contributed by atoms with Gasteiger partial charge in [0.25, 0.3) is 0 Å². The summed E-state index contributed by atoms with van der Waals surface area (Å²) in [5.74, 6) is 1.22. The zero-order valence-electron chi connectivity index (χ0n) is 14.1. The second-order valence-corrected chi connectivity index (χ2v) is 7.84. The molecule has 2 bridgehead atoms. The van der Waals surface area contributed by atoms with E-state index >= 15 is 0 Å². The van der Waals surface area contributed by atoms with Gasteiger partial charge in [-0.25, -0.2) is 0 Å². The Bertz CT molecular complexity index is 715. The molecule has 1 fully saturated rings. The number of hydrogen-bond acceptors (Lipinski definition) is 4. The van der Waals surface area contributed by atoms with Crippen LogP contribution in [0.3, 0.4) is 0 Å². The summed E-state index contributed by atoms with van der Waals surface area (Å²) in [4.78, 5) is 2.65. The standard InChI is InChI=1S/C20H25NO3/c1-2-3-9-21-10-8-20-13-5-7-16(23)19(20)24-18-15(22)6-4-12(17(18)20)11-14(13)21/h4-7,13-14,16,19,22-23H,2-3,8-11H2,1H3/t13-,14+,16-,19-,20-/m0/s1. The van der Waals surface area contributed by atoms with Crippen LogP contribution in [0.25, 0.3) is 0 Å². The van der Waals surface area contributed by atoms with E-state index in [1.807, 2.05) is 6.08 Å². The van der Waals surface area contributed by atoms with E-state index in [4.69, 9.17) is 4.74 Å². The molecule has 5 atom stereocenters. The lowest BCUT2D eigenvalue weighted by molar-refractivity contribution is -0.0518. The molecule has 5 rings (SSSR count). The molecule has 4 nitrogen and oxygen atoms in total. The third kappa shape index (κ3) is 1.66. The van der Waals surface area contributed by atoms with Crippen LogP contribution < -0.4 is 4.74 Å². The van der Waals surface area contributed by atoms with E-state index < -0.39 is 6.10 Å². The molecule has 2 aliphatic carbocycles. The van der Waals surface area contributed by atoms with Gasteiger partial charge in [-0.2, -0.15) is 0 Å². The Morgan fingerprint density at radius 3 is 3.04 bits per heavy atom. The smallest absolute Gasteiger partial charge is 0.165 e. The fraction of sp³-hybridized carbons (Fsp3) is 0.600. The molecule has 0 aromatic heterocycles. The van der Waals surface area contributed by atoms with Crippen molar-refractivity contribution in [1.29, 1.82) is 0 Å². The zero-order chi connectivity index (χ0) is 16.5. The van der Waals surface area contributed by atoms with Gasteiger partial charge in [-0.05, 0) is 44.0 Å². The number of aromatic hydroxyl groups is 1. The number of hydrogen-bond donors (Lipinski definition) is 2. The number of nitrogens with zero attached hydrogens (tertiary/aromatic N) is 1. The van der Waals surface area contributed by atoms with Gasteiger partial charge in [0.2, 0.25) is 0 Å². The van der Waals surface area contributed by atoms with Crippen LogP contribution in [0.15, 0.2) is 24.3 Å². The summed E-state index contributed by atoms with van der Waals surface area (Å²) in [5.41, 5.74) is 2.32. The van der Waals surface area contributed by atoms with Gasteiger partial charge >= 0.3 is 0 Å². The predicted molar refractivity (Wildman–Crippen MR) is 91.4 cm³/mol. The van der Waals surface area contributed by atoms with Crippen molar-refractivity contribution in [3.63, 3.8) is 0 Å². The topological polar surface area (TPSA) is 52.9 Å². The lowest BCUT2D eigenvalue weighted by atomic mass is 9.53. The normalized spacial score (nSPS) is 38.8. The highest BCUT2D eigenvalue weighted by Crippen LogP contribution is 2.62. The number of rotatable bonds is 3. The first-order valence-corrected chi connectivity index (χ1v) is 9.29. The molecule has 0 amide bonds. The summed E-state index contributed by atoms with van der Waals surface area (Å²) in [5, 5.41) is 20.9. The van der Waals surface area contributed by atoms with Crippen molar-refractivity contribution >= 4 is 0 Å². The minimum absolute atomic E-state index is 0.163. The summed E-state index contributed by atoms with van der Waals surface area (Å²) in [6, 6.07) is 4.30. The largest absolute Gasteiger partial charge is 0.504 e. The Hall–Kier alpha value is -1.52. The molecule has 4 heteroatoms. The van der Waals surface area contributed by atoms with E-state index in [-0.39, 0.29) is 17.3 Å². The number of unbranched alkanes of at least 4 members (excludes halogenated alkanes) is 1. The average Bonchev–Trinajstić information content (AvgIpc) is 2.93. The lowest BCUT2D eigenvalue weighted by Crippen LogP contribution is -2.65. The van der Waals surface area contributed by atoms with Gasteiger partial charge in [-0.3, -0.25) is 4.90 Å². The third-order valence-electron chi connectivity index (χ3n) is 6.79. The van der Waals surface area contributed by atoms with Gasteiger partial charge in [0.15, 0.2) is 11.5 Å². The van der Waals surface area contributed by atoms with Crippen LogP contribution in [0.1, 0.15) is 37.3 Å². The molecule has 0 unspecified atom stereocenters. The lowest BCUT2D eigenvalue weighted by Gasteiger charge is -2.57. The van der Waals surface area contributed by atoms with Gasteiger partial charge in [0.05, 0.1) is 0 Å². The SMILES string of the molecule is CCCCN1CC[C@]23c4c5ccc(O)c4O[C@H]2[C@@H](O)C=C[C@H]3[C@H]1C5. The van der Waals surface area contributed by atoms with Crippen LogP contribution in [0.5, 0.6) is 11.5 Å². The molecular weight excluding hydrogens is 302 g/mol. The van der Waals surface area contributed by atoms with E-state index in [0.29, 0.717) is 17.7 Å². The second kappa shape index (κ2) is 4.99. The number of benzene rings is 1. The first kappa shape index (κ1) is 14.8. The van der Waals surface area contributed by atoms with Gasteiger partial charge in [-0.15, -0.1) is 0 Å². The third-order valence-corrected chi connectivity index (χ3v) is 6.79. The van der Waals surface area contributed by atoms with Crippen molar-refractivity contribution in [1.82, 2.24) is 4.90 Å². The monoisotopic (exact) mass is 327 g/mol. The van der Waals surface area contributed by atoms with Crippen molar-refractivity contribution in [2.45, 2.75) is 56.3 Å². The maximum atomic E-state index is 10.6. The number of phenolic OH excluding ortho intramolecular Hbond substituents is 1. The maximum absolute atomic E-state index is 10.6. The molecule has 1 spiro atoms. The number of aliphatic hydroxyl groups excluding tert-OH is 1. The van der Waals surface area contributed by atoms with E-state index in [9.17, 15) is 10.2 Å². The molecule has 24 heavy (non-hydrogen) atoms. The highest BCUT2D eigenvalue weighted by molar-refractivity contribution is 5.61. The average molecular weight is 327 g/mol. The van der Waals surface area contributed by atoms with Crippen molar-refractivity contribution in [2.24, 2.45) is 5.92 Å². The van der Waals surface area contributed by atoms with Crippen LogP contribution in [-0.2, 0) is 11.8 Å². The molecule has 2 N–H and O–H groups in total. The molecule has 1 saturated heterocycles. The highest BCUT2D eigenvalue weighted by Gasteiger charge is 2.64. The number of piperidine rings is 1. The zero-order valence-corrected chi connectivity index (χ0v) is 14.1. The number of phenols is 1. The molecule has 2 heterocycles. The highest BCUT2D eigenvalue weighted by atomic mass is 16.5. The van der Waals surface area contributed by atoms with Gasteiger partial charge in [0.1, 0.15) is 12.2 Å². The first-order valence-electron chi connectivity index (χ1n) is 9.29. The Labute approximate surface area is 142 Å². The molecule has 1 aromatic rings. The van der Waals surface area contributed by atoms with Crippen LogP contribution in [-0.4, -0.2) is 46.5 Å². The summed E-state index contributed by atoms with van der Waals surface area (Å²) >= 11 is 0. The minimum Gasteiger partial charge on any atom is -0.504 e. The molecule has 4 aliphatic rings. The van der Waals surface area contributed by atoms with E-state index in [2.05, 4.69) is 24.0 Å². The molecular formula is C20H25NO3. The first-order chi connectivity index (χ1) is 11.7. The van der Waals surface area contributed by atoms with Crippen molar-refractivity contribution in [2.75, 3.05) is 13.1 Å². The summed E-state index contributed by atoms with van der Waals surface area (Å²) in [6.45, 7) is 4.44. The maximum Gasteiger partial charge on any atom is 0.165 e. The Kier molecular flexibility index (Phi) is 3.08. The molecule has 0 radical (unpaired) electrons. The number of likely N-dealkylation sites (tertiary alicyclic amines) is 1. The van der Waals surface area contributed by atoms with Gasteiger partial charge in [0, 0.05) is 22.9 Å². The molecule has 128 valence electrons. The fourth-order valence-electron chi connectivity index (χ4n) is 5.77. The quantitative estimate of drug-likeness (QED) is 0.837. The second-order valence-electron chi connectivity index (χ2n) is 7.84. The van der Waals surface area contributed by atoms with E-state index in [1.54, 1.807) is 6.07 Å². The Morgan fingerprint density at radius 1 is 1.33 bits per heavy atom. The van der Waals surface area contributed by atoms with Crippen LogP contribution in [0, 0.1) is 5.92 Å². The fourth-order valence-corrected chi connectivity index (χ4v) is 5.77. The Morgan fingerprint density at radius 2 is 2.21 bits per heavy atom. The van der Waals surface area contributed by atoms with Crippen LogP contribution in [0.4, 0.5) is 0 Å². The summed E-state index contributed by atoms with van der Waals surface area (Å²) in [6.07, 6.45) is 7.74. The molecule has 0 saturated carbocycles. The van der Waals surface area contributed by atoms with Crippen molar-refractivity contribution in [3.8, 4) is 11.5 Å². The Balaban J connectivity index is 1.68. The summed E-state index contributed by atoms with van der Waals surface area (Å²) < 4.78 is 6.17. The van der Waals surface area contributed by atoms with E-state index in [0.717, 1.165) is 25.9 Å². The van der Waals surface area contributed by atoms with Crippen LogP contribution in [0.2, 0.25) is 0 Å². The molecule has 1 aromatic carbocycles. The number of aliphatic hydroxyl groups is 1. The van der Waals surface area contributed by atoms with Crippen LogP contribution >= 0.6 is 0 Å². The summed E-state index contributed by atoms with van der Waals surface area (Å²) in [7, 11) is 0. The van der Waals surface area contributed by atoms with E-state index in [1.165, 1.54) is 24.0 Å². The predicted octanol–water partition coefficient (Wildman–Crippen LogP) is 2.37.